The van der Waals surface area contributed by atoms with E-state index in [-0.39, 0.29) is 22.2 Å². The van der Waals surface area contributed by atoms with E-state index < -0.39 is 27.1 Å². The molecule has 3 aromatic rings. The average Bonchev–Trinajstić information content (AvgIpc) is 3.18. The van der Waals surface area contributed by atoms with Crippen molar-refractivity contribution in [2.45, 2.75) is 40.0 Å². The topological polar surface area (TPSA) is 111 Å². The number of halogens is 1. The van der Waals surface area contributed by atoms with E-state index in [4.69, 9.17) is 16.4 Å². The second kappa shape index (κ2) is 8.66. The summed E-state index contributed by atoms with van der Waals surface area (Å²) < 4.78 is 0. The molecule has 0 spiro atoms. The Morgan fingerprint density at radius 1 is 1.05 bits per heavy atom. The highest BCUT2D eigenvalue weighted by Crippen LogP contribution is 2.71. The first-order valence-corrected chi connectivity index (χ1v) is 12.4. The number of hydrogen-bond acceptors (Lipinski definition) is 6. The second-order valence-electron chi connectivity index (χ2n) is 10.5. The number of hydrogen-bond donors (Lipinski definition) is 1. The number of carbonyl (C=O) groups is 2. The fourth-order valence-corrected chi connectivity index (χ4v) is 6.21. The van der Waals surface area contributed by atoms with E-state index in [0.29, 0.717) is 25.0 Å². The van der Waals surface area contributed by atoms with Gasteiger partial charge in [-0.15, -0.1) is 0 Å². The number of fused-ring (bicyclic) bond motifs is 3. The Labute approximate surface area is 218 Å². The molecule has 1 amide bonds. The van der Waals surface area contributed by atoms with E-state index in [9.17, 15) is 19.7 Å². The van der Waals surface area contributed by atoms with Crippen molar-refractivity contribution >= 4 is 51.3 Å². The largest absolute Gasteiger partial charge is 0.365 e. The summed E-state index contributed by atoms with van der Waals surface area (Å²) in [6.07, 6.45) is 1.75. The minimum atomic E-state index is -0.828. The molecule has 0 heterocycles. The van der Waals surface area contributed by atoms with E-state index >= 15 is 0 Å². The lowest BCUT2D eigenvalue weighted by atomic mass is 9.64. The molecule has 190 valence electrons. The molecule has 0 saturated heterocycles. The molecule has 0 aromatic heterocycles. The smallest absolute Gasteiger partial charge is 0.325 e. The maximum absolute atomic E-state index is 13.9. The van der Waals surface area contributed by atoms with Crippen LogP contribution in [0.1, 0.15) is 50.4 Å². The number of anilines is 1. The van der Waals surface area contributed by atoms with Crippen LogP contribution in [-0.2, 0) is 9.63 Å². The fourth-order valence-electron chi connectivity index (χ4n) is 6.03. The molecule has 2 bridgehead atoms. The van der Waals surface area contributed by atoms with Gasteiger partial charge in [0.25, 0.3) is 5.69 Å². The average molecular weight is 520 g/mol. The molecule has 2 aliphatic rings. The highest BCUT2D eigenvalue weighted by molar-refractivity contribution is 6.32. The maximum atomic E-state index is 13.9. The van der Waals surface area contributed by atoms with Crippen molar-refractivity contribution in [1.29, 1.82) is 0 Å². The summed E-state index contributed by atoms with van der Waals surface area (Å²) in [6, 6.07) is 17.4. The third kappa shape index (κ3) is 3.70. The molecular weight excluding hydrogens is 494 g/mol. The number of oxime groups is 1. The third-order valence-electron chi connectivity index (χ3n) is 8.82. The van der Waals surface area contributed by atoms with Crippen molar-refractivity contribution < 1.29 is 19.3 Å². The molecule has 2 unspecified atom stereocenters. The molecular formula is C28H26ClN3O5. The Hall–Kier alpha value is -3.78. The predicted octanol–water partition coefficient (Wildman–Crippen LogP) is 6.77. The summed E-state index contributed by atoms with van der Waals surface area (Å²) in [6.45, 7) is 6.18. The van der Waals surface area contributed by atoms with Crippen LogP contribution in [0.2, 0.25) is 5.02 Å². The van der Waals surface area contributed by atoms with E-state index in [1.165, 1.54) is 12.1 Å². The van der Waals surface area contributed by atoms with Crippen LogP contribution in [0.4, 0.5) is 11.4 Å². The number of amides is 1. The van der Waals surface area contributed by atoms with Gasteiger partial charge in [0.15, 0.2) is 0 Å². The van der Waals surface area contributed by atoms with Crippen LogP contribution in [0.15, 0.2) is 65.8 Å². The Morgan fingerprint density at radius 2 is 1.78 bits per heavy atom. The SMILES string of the molecule is CC12CCC(C(=O)Nc3cccc4ccccc34)(CC1=NOC(=O)c1ccc(Cl)c([N+](=O)[O-])c1)C2(C)C. The predicted molar refractivity (Wildman–Crippen MR) is 142 cm³/mol. The summed E-state index contributed by atoms with van der Waals surface area (Å²) in [5.41, 5.74) is -0.689. The van der Waals surface area contributed by atoms with Gasteiger partial charge >= 0.3 is 5.97 Å². The van der Waals surface area contributed by atoms with E-state index in [1.54, 1.807) is 0 Å². The lowest BCUT2D eigenvalue weighted by Gasteiger charge is -2.39. The molecule has 0 aliphatic heterocycles. The van der Waals surface area contributed by atoms with Gasteiger partial charge in [-0.2, -0.15) is 0 Å². The zero-order chi connectivity index (χ0) is 26.6. The molecule has 2 saturated carbocycles. The van der Waals surface area contributed by atoms with Crippen LogP contribution in [-0.4, -0.2) is 22.5 Å². The van der Waals surface area contributed by atoms with Crippen molar-refractivity contribution in [1.82, 2.24) is 0 Å². The van der Waals surface area contributed by atoms with Crippen molar-refractivity contribution in [2.24, 2.45) is 21.4 Å². The lowest BCUT2D eigenvalue weighted by molar-refractivity contribution is -0.384. The molecule has 3 aromatic carbocycles. The summed E-state index contributed by atoms with van der Waals surface area (Å²) in [5.74, 6) is -0.909. The first kappa shape index (κ1) is 24.9. The van der Waals surface area contributed by atoms with Crippen molar-refractivity contribution in [3.63, 3.8) is 0 Å². The van der Waals surface area contributed by atoms with Gasteiger partial charge < -0.3 is 10.2 Å². The normalized spacial score (nSPS) is 24.8. The maximum Gasteiger partial charge on any atom is 0.365 e. The molecule has 9 heteroatoms. The van der Waals surface area contributed by atoms with Gasteiger partial charge in [-0.25, -0.2) is 4.79 Å². The fraction of sp³-hybridized carbons (Fsp3) is 0.321. The summed E-state index contributed by atoms with van der Waals surface area (Å²) >= 11 is 5.84. The minimum absolute atomic E-state index is 0.0311. The molecule has 2 atom stereocenters. The lowest BCUT2D eigenvalue weighted by Crippen LogP contribution is -2.43. The highest BCUT2D eigenvalue weighted by atomic mass is 35.5. The standard InChI is InChI=1S/C28H26ClN3O5/c1-26(2)27(3)13-14-28(26,25(34)30-21-10-6-8-17-7-4-5-9-19(17)21)16-23(27)31-37-24(33)18-11-12-20(29)22(15-18)32(35)36/h4-12,15H,13-14,16H2,1-3H3,(H,30,34). The molecule has 1 N–H and O–H groups in total. The van der Waals surface area contributed by atoms with Crippen LogP contribution in [0.5, 0.6) is 0 Å². The number of nitrogens with one attached hydrogen (secondary N) is 1. The van der Waals surface area contributed by atoms with Gasteiger partial charge in [-0.05, 0) is 41.8 Å². The first-order chi connectivity index (χ1) is 17.5. The number of benzene rings is 3. The number of rotatable bonds is 5. The van der Waals surface area contributed by atoms with Crippen LogP contribution < -0.4 is 5.32 Å². The van der Waals surface area contributed by atoms with Gasteiger partial charge in [0.1, 0.15) is 5.02 Å². The number of carbonyl (C=O) groups excluding carboxylic acids is 2. The number of nitrogens with zero attached hydrogens (tertiary/aromatic N) is 2. The highest BCUT2D eigenvalue weighted by Gasteiger charge is 2.71. The van der Waals surface area contributed by atoms with Gasteiger partial charge in [0.05, 0.1) is 21.6 Å². The van der Waals surface area contributed by atoms with Gasteiger partial charge in [0, 0.05) is 29.0 Å². The quantitative estimate of drug-likeness (QED) is 0.227. The van der Waals surface area contributed by atoms with Crippen LogP contribution in [0, 0.1) is 26.4 Å². The van der Waals surface area contributed by atoms with Gasteiger partial charge in [-0.1, -0.05) is 73.9 Å². The van der Waals surface area contributed by atoms with Gasteiger partial charge in [-0.3, -0.25) is 14.9 Å². The van der Waals surface area contributed by atoms with Crippen molar-refractivity contribution in [3.05, 3.63) is 81.4 Å². The minimum Gasteiger partial charge on any atom is -0.325 e. The molecule has 8 nitrogen and oxygen atoms in total. The zero-order valence-corrected chi connectivity index (χ0v) is 21.5. The zero-order valence-electron chi connectivity index (χ0n) is 20.7. The molecule has 37 heavy (non-hydrogen) atoms. The number of nitro benzene ring substituents is 1. The Kier molecular flexibility index (Phi) is 5.83. The van der Waals surface area contributed by atoms with E-state index in [1.807, 2.05) is 49.4 Å². The Balaban J connectivity index is 1.42. The number of nitro groups is 1. The molecule has 2 aliphatic carbocycles. The molecule has 2 fully saturated rings. The summed E-state index contributed by atoms with van der Waals surface area (Å²) in [5, 5.41) is 20.5. The summed E-state index contributed by atoms with van der Waals surface area (Å²) in [7, 11) is 0. The van der Waals surface area contributed by atoms with E-state index in [0.717, 1.165) is 22.5 Å². The Morgan fingerprint density at radius 3 is 2.54 bits per heavy atom. The second-order valence-corrected chi connectivity index (χ2v) is 10.9. The van der Waals surface area contributed by atoms with Crippen LogP contribution >= 0.6 is 11.6 Å². The van der Waals surface area contributed by atoms with Crippen LogP contribution in [0.25, 0.3) is 10.8 Å². The first-order valence-electron chi connectivity index (χ1n) is 12.0. The summed E-state index contributed by atoms with van der Waals surface area (Å²) in [4.78, 5) is 42.3. The van der Waals surface area contributed by atoms with E-state index in [2.05, 4.69) is 24.3 Å². The molecule has 5 rings (SSSR count). The molecule has 0 radical (unpaired) electrons. The monoisotopic (exact) mass is 519 g/mol. The third-order valence-corrected chi connectivity index (χ3v) is 9.14. The Bertz CT molecular complexity index is 1490. The van der Waals surface area contributed by atoms with Crippen molar-refractivity contribution in [2.75, 3.05) is 5.32 Å². The van der Waals surface area contributed by atoms with Crippen molar-refractivity contribution in [3.8, 4) is 0 Å². The van der Waals surface area contributed by atoms with Gasteiger partial charge in [0.2, 0.25) is 5.91 Å². The van der Waals surface area contributed by atoms with Crippen LogP contribution in [0.3, 0.4) is 0 Å².